The van der Waals surface area contributed by atoms with E-state index in [1.165, 1.54) is 5.56 Å². The van der Waals surface area contributed by atoms with E-state index in [1.807, 2.05) is 19.1 Å². The molecule has 102 valence electrons. The van der Waals surface area contributed by atoms with Gasteiger partial charge in [0.1, 0.15) is 0 Å². The normalized spacial score (nSPS) is 28.2. The van der Waals surface area contributed by atoms with Gasteiger partial charge in [-0.3, -0.25) is 4.79 Å². The lowest BCUT2D eigenvalue weighted by Crippen LogP contribution is -2.32. The van der Waals surface area contributed by atoms with E-state index in [1.54, 1.807) is 0 Å². The maximum atomic E-state index is 11.9. The van der Waals surface area contributed by atoms with Crippen LogP contribution in [-0.4, -0.2) is 18.6 Å². The van der Waals surface area contributed by atoms with Gasteiger partial charge in [0.25, 0.3) is 0 Å². The molecule has 2 aliphatic rings. The Bertz CT molecular complexity index is 503. The summed E-state index contributed by atoms with van der Waals surface area (Å²) in [5.74, 6) is 0.376. The highest BCUT2D eigenvalue weighted by molar-refractivity contribution is 6.33. The molecule has 1 saturated carbocycles. The second-order valence-corrected chi connectivity index (χ2v) is 5.73. The van der Waals surface area contributed by atoms with Crippen molar-refractivity contribution >= 4 is 23.3 Å². The summed E-state index contributed by atoms with van der Waals surface area (Å²) in [6, 6.07) is 6.43. The number of halogens is 1. The highest BCUT2D eigenvalue weighted by Crippen LogP contribution is 2.48. The highest BCUT2D eigenvalue weighted by Gasteiger charge is 2.40. The Morgan fingerprint density at radius 2 is 2.32 bits per heavy atom. The minimum Gasteiger partial charge on any atom is -0.466 e. The number of carbonyl (C=O) groups excluding carboxylic acids is 1. The van der Waals surface area contributed by atoms with E-state index in [2.05, 4.69) is 11.4 Å². The molecule has 0 bridgehead atoms. The molecular weight excluding hydrogens is 262 g/mol. The number of anilines is 1. The summed E-state index contributed by atoms with van der Waals surface area (Å²) in [5, 5.41) is 4.29. The van der Waals surface area contributed by atoms with Crippen LogP contribution in [0.15, 0.2) is 18.2 Å². The third kappa shape index (κ3) is 2.20. The molecule has 0 unspecified atom stereocenters. The van der Waals surface area contributed by atoms with Crippen LogP contribution in [0.2, 0.25) is 5.02 Å². The number of ether oxygens (including phenoxy) is 1. The number of carbonyl (C=O) groups is 1. The van der Waals surface area contributed by atoms with Gasteiger partial charge in [-0.1, -0.05) is 23.7 Å². The van der Waals surface area contributed by atoms with Gasteiger partial charge < -0.3 is 10.1 Å². The molecule has 1 aliphatic carbocycles. The van der Waals surface area contributed by atoms with Crippen molar-refractivity contribution in [2.45, 2.75) is 38.1 Å². The fourth-order valence-corrected chi connectivity index (χ4v) is 3.59. The van der Waals surface area contributed by atoms with Crippen LogP contribution >= 0.6 is 11.6 Å². The lowest BCUT2D eigenvalue weighted by atomic mass is 9.77. The number of hydrogen-bond acceptors (Lipinski definition) is 3. The lowest BCUT2D eigenvalue weighted by Gasteiger charge is -2.30. The van der Waals surface area contributed by atoms with E-state index in [9.17, 15) is 4.79 Å². The van der Waals surface area contributed by atoms with Crippen molar-refractivity contribution in [1.82, 2.24) is 0 Å². The Labute approximate surface area is 118 Å². The number of hydrogen-bond donors (Lipinski definition) is 1. The largest absolute Gasteiger partial charge is 0.466 e. The number of benzene rings is 1. The zero-order valence-electron chi connectivity index (χ0n) is 11.0. The van der Waals surface area contributed by atoms with Gasteiger partial charge in [-0.2, -0.15) is 0 Å². The van der Waals surface area contributed by atoms with Crippen LogP contribution < -0.4 is 5.32 Å². The van der Waals surface area contributed by atoms with E-state index in [0.29, 0.717) is 18.6 Å². The maximum Gasteiger partial charge on any atom is 0.308 e. The third-order valence-electron chi connectivity index (χ3n) is 4.25. The Morgan fingerprint density at radius 3 is 3.11 bits per heavy atom. The SMILES string of the molecule is CCOC(=O)[C@@H]1CC[C@H]2Nc3c(Cl)cccc3[C@H]2C1. The quantitative estimate of drug-likeness (QED) is 0.841. The molecular formula is C15H18ClNO2. The fourth-order valence-electron chi connectivity index (χ4n) is 3.35. The van der Waals surface area contributed by atoms with Gasteiger partial charge >= 0.3 is 5.97 Å². The van der Waals surface area contributed by atoms with E-state index in [0.717, 1.165) is 30.0 Å². The van der Waals surface area contributed by atoms with Crippen molar-refractivity contribution < 1.29 is 9.53 Å². The van der Waals surface area contributed by atoms with Crippen molar-refractivity contribution in [1.29, 1.82) is 0 Å². The van der Waals surface area contributed by atoms with Crippen molar-refractivity contribution in [3.63, 3.8) is 0 Å². The van der Waals surface area contributed by atoms with Gasteiger partial charge in [0, 0.05) is 12.0 Å². The van der Waals surface area contributed by atoms with Gasteiger partial charge in [-0.25, -0.2) is 0 Å². The van der Waals surface area contributed by atoms with Crippen LogP contribution in [0.4, 0.5) is 5.69 Å². The Kier molecular flexibility index (Phi) is 3.40. The van der Waals surface area contributed by atoms with E-state index in [-0.39, 0.29) is 11.9 Å². The second-order valence-electron chi connectivity index (χ2n) is 5.32. The standard InChI is InChI=1S/C15H18ClNO2/c1-2-19-15(18)9-6-7-13-11(8-9)10-4-3-5-12(16)14(10)17-13/h3-5,9,11,13,17H,2,6-8H2,1H3/t9-,11-,13-/m1/s1. The topological polar surface area (TPSA) is 38.3 Å². The molecule has 0 amide bonds. The molecule has 1 aromatic rings. The van der Waals surface area contributed by atoms with Crippen molar-refractivity contribution in [3.05, 3.63) is 28.8 Å². The molecule has 0 saturated heterocycles. The Hall–Kier alpha value is -1.22. The maximum absolute atomic E-state index is 11.9. The van der Waals surface area contributed by atoms with Gasteiger partial charge in [0.15, 0.2) is 0 Å². The average molecular weight is 280 g/mol. The first-order valence-corrected chi connectivity index (χ1v) is 7.30. The number of nitrogens with one attached hydrogen (secondary N) is 1. The molecule has 1 N–H and O–H groups in total. The number of fused-ring (bicyclic) bond motifs is 3. The summed E-state index contributed by atoms with van der Waals surface area (Å²) in [7, 11) is 0. The lowest BCUT2D eigenvalue weighted by molar-refractivity contribution is -0.149. The third-order valence-corrected chi connectivity index (χ3v) is 4.56. The van der Waals surface area contributed by atoms with Gasteiger partial charge in [0.2, 0.25) is 0 Å². The molecule has 0 spiro atoms. The van der Waals surface area contributed by atoms with Crippen LogP contribution in [0.5, 0.6) is 0 Å². The molecule has 4 heteroatoms. The molecule has 0 aromatic heterocycles. The molecule has 1 fully saturated rings. The monoisotopic (exact) mass is 279 g/mol. The van der Waals surface area contributed by atoms with Crippen molar-refractivity contribution in [2.75, 3.05) is 11.9 Å². The molecule has 3 atom stereocenters. The smallest absolute Gasteiger partial charge is 0.308 e. The first-order chi connectivity index (χ1) is 9.20. The zero-order chi connectivity index (χ0) is 13.4. The summed E-state index contributed by atoms with van der Waals surface area (Å²) in [5.41, 5.74) is 2.31. The van der Waals surface area contributed by atoms with Gasteiger partial charge in [0.05, 0.1) is 23.2 Å². The molecule has 3 rings (SSSR count). The zero-order valence-corrected chi connectivity index (χ0v) is 11.7. The summed E-state index contributed by atoms with van der Waals surface area (Å²) in [6.45, 7) is 2.32. The fraction of sp³-hybridized carbons (Fsp3) is 0.533. The minimum absolute atomic E-state index is 0.0351. The number of esters is 1. The highest BCUT2D eigenvalue weighted by atomic mass is 35.5. The van der Waals surface area contributed by atoms with Crippen LogP contribution in [0.1, 0.15) is 37.7 Å². The van der Waals surface area contributed by atoms with Crippen LogP contribution in [0, 0.1) is 5.92 Å². The van der Waals surface area contributed by atoms with E-state index in [4.69, 9.17) is 16.3 Å². The average Bonchev–Trinajstić information content (AvgIpc) is 2.78. The van der Waals surface area contributed by atoms with Crippen LogP contribution in [0.3, 0.4) is 0 Å². The van der Waals surface area contributed by atoms with Crippen molar-refractivity contribution in [3.8, 4) is 0 Å². The molecule has 19 heavy (non-hydrogen) atoms. The first kappa shape index (κ1) is 12.8. The van der Waals surface area contributed by atoms with Crippen LogP contribution in [-0.2, 0) is 9.53 Å². The number of rotatable bonds is 2. The van der Waals surface area contributed by atoms with E-state index < -0.39 is 0 Å². The predicted molar refractivity (Wildman–Crippen MR) is 75.6 cm³/mol. The predicted octanol–water partition coefficient (Wildman–Crippen LogP) is 3.58. The Morgan fingerprint density at radius 1 is 1.47 bits per heavy atom. The molecule has 3 nitrogen and oxygen atoms in total. The molecule has 1 aromatic carbocycles. The second kappa shape index (κ2) is 5.04. The van der Waals surface area contributed by atoms with Crippen LogP contribution in [0.25, 0.3) is 0 Å². The van der Waals surface area contributed by atoms with Gasteiger partial charge in [-0.05, 0) is 37.8 Å². The summed E-state index contributed by atoms with van der Waals surface area (Å²) < 4.78 is 5.16. The van der Waals surface area contributed by atoms with Gasteiger partial charge in [-0.15, -0.1) is 0 Å². The van der Waals surface area contributed by atoms with Crippen molar-refractivity contribution in [2.24, 2.45) is 5.92 Å². The van der Waals surface area contributed by atoms with E-state index >= 15 is 0 Å². The number of para-hydroxylation sites is 1. The summed E-state index contributed by atoms with van der Waals surface area (Å²) in [4.78, 5) is 11.9. The first-order valence-electron chi connectivity index (χ1n) is 6.92. The summed E-state index contributed by atoms with van der Waals surface area (Å²) in [6.07, 6.45) is 2.77. The minimum atomic E-state index is -0.0450. The summed E-state index contributed by atoms with van der Waals surface area (Å²) >= 11 is 6.23. The molecule has 1 aliphatic heterocycles. The molecule has 0 radical (unpaired) electrons. The Balaban J connectivity index is 1.81. The molecule has 1 heterocycles.